The van der Waals surface area contributed by atoms with Gasteiger partial charge in [0.1, 0.15) is 0 Å². The van der Waals surface area contributed by atoms with Crippen molar-refractivity contribution in [1.82, 2.24) is 0 Å². The van der Waals surface area contributed by atoms with Crippen molar-refractivity contribution in [2.75, 3.05) is 0 Å². The van der Waals surface area contributed by atoms with E-state index < -0.39 is 28.5 Å². The quantitative estimate of drug-likeness (QED) is 0.562. The Labute approximate surface area is 59.0 Å². The summed E-state index contributed by atoms with van der Waals surface area (Å²) in [4.78, 5) is 24.3. The first kappa shape index (κ1) is 8.93. The van der Waals surface area contributed by atoms with E-state index in [9.17, 15) is 14.4 Å². The zero-order valence-corrected chi connectivity index (χ0v) is 5.62. The van der Waals surface area contributed by atoms with Gasteiger partial charge in [-0.3, -0.25) is 0 Å². The second-order valence-electron chi connectivity index (χ2n) is 1.04. The van der Waals surface area contributed by atoms with Crippen LogP contribution >= 0.6 is 0 Å². The fraction of sp³-hybridized carbons (Fsp3) is 0. The Morgan fingerprint density at radius 2 is 1.00 bits per heavy atom. The molecule has 0 radical (unpaired) electrons. The Morgan fingerprint density at radius 3 is 1.00 bits per heavy atom. The van der Waals surface area contributed by atoms with Crippen molar-refractivity contribution < 1.29 is 43.6 Å². The molecule has 0 saturated carbocycles. The van der Waals surface area contributed by atoms with Gasteiger partial charge in [-0.1, -0.05) is 0 Å². The van der Waals surface area contributed by atoms with Crippen molar-refractivity contribution in [3.05, 3.63) is 0 Å². The zero-order chi connectivity index (χ0) is 8.31. The minimum absolute atomic E-state index is 1.77. The third kappa shape index (κ3) is 2.04. The van der Waals surface area contributed by atoms with Crippen LogP contribution in [0.2, 0.25) is 0 Å². The summed E-state index contributed by atoms with van der Waals surface area (Å²) in [6.07, 6.45) is 0. The molecule has 0 amide bonds. The molecule has 3 N–H and O–H groups in total. The average Bonchev–Trinajstić information content (AvgIpc) is 1.59. The van der Waals surface area contributed by atoms with E-state index in [2.05, 4.69) is 0 Å². The molecule has 0 saturated heterocycles. The van der Waals surface area contributed by atoms with E-state index in [-0.39, 0.29) is 0 Å². The van der Waals surface area contributed by atoms with E-state index >= 15 is 0 Å². The van der Waals surface area contributed by atoms with Gasteiger partial charge in [0.15, 0.2) is 0 Å². The normalized spacial score (nSPS) is 10.2. The van der Waals surface area contributed by atoms with Crippen molar-refractivity contribution >= 4 is 14.6 Å². The molecule has 10 heavy (non-hydrogen) atoms. The summed E-state index contributed by atoms with van der Waals surface area (Å²) in [6.45, 7) is 0. The molecule has 0 aromatic heterocycles. The number of hydrogen-bond acceptors (Lipinski definition) is 3. The van der Waals surface area contributed by atoms with Gasteiger partial charge in [-0.15, -0.1) is 0 Å². The van der Waals surface area contributed by atoms with Crippen molar-refractivity contribution in [3.8, 4) is 0 Å². The Hall–Kier alpha value is -1.07. The van der Waals surface area contributed by atoms with Crippen LogP contribution in [0, 0.1) is 0 Å². The van der Waals surface area contributed by atoms with Crippen molar-refractivity contribution in [1.29, 1.82) is 0 Å². The summed E-state index contributed by atoms with van der Waals surface area (Å²) >= 11 is -3.37. The van der Waals surface area contributed by atoms with Gasteiger partial charge >= 0.3 is 58.2 Å². The molecule has 0 atom stereocenters. The van der Waals surface area contributed by atoms with Gasteiger partial charge in [0.2, 0.25) is 0 Å². The SMILES string of the molecule is O=[C](O)[Mn]([C](=O)O)[C](=O)O. The number of rotatable bonds is 3. The molecule has 0 aromatic rings. The van der Waals surface area contributed by atoms with Gasteiger partial charge < -0.3 is 0 Å². The van der Waals surface area contributed by atoms with Crippen molar-refractivity contribution in [2.24, 2.45) is 0 Å². The molecule has 0 aliphatic carbocycles. The van der Waals surface area contributed by atoms with Gasteiger partial charge in [-0.2, -0.15) is 0 Å². The van der Waals surface area contributed by atoms with Crippen LogP contribution in [0.1, 0.15) is 0 Å². The van der Waals surface area contributed by atoms with Crippen molar-refractivity contribution in [3.63, 3.8) is 0 Å². The Bertz CT molecular complexity index is 152. The van der Waals surface area contributed by atoms with Gasteiger partial charge in [-0.05, 0) is 0 Å². The first-order valence-electron chi connectivity index (χ1n) is 1.85. The minimum atomic E-state index is -3.37. The average molecular weight is 190 g/mol. The van der Waals surface area contributed by atoms with Gasteiger partial charge in [0.05, 0.1) is 0 Å². The molecule has 6 nitrogen and oxygen atoms in total. The summed E-state index contributed by atoms with van der Waals surface area (Å²) in [5, 5.41) is 24.0. The van der Waals surface area contributed by atoms with Gasteiger partial charge in [0, 0.05) is 0 Å². The van der Waals surface area contributed by atoms with Crippen LogP contribution in [0.5, 0.6) is 0 Å². The van der Waals surface area contributed by atoms with Gasteiger partial charge in [0.25, 0.3) is 0 Å². The number of carbonyl (C=O) groups is 3. The van der Waals surface area contributed by atoms with E-state index in [1.54, 1.807) is 0 Å². The standard InChI is InChI=1S/3CHO2.Mn/c3*2-1-3;/h3*(H,2,3);. The van der Waals surface area contributed by atoms with Crippen LogP contribution in [-0.4, -0.2) is 29.9 Å². The molecule has 0 rings (SSSR count). The molecule has 0 fully saturated rings. The number of carboxylic acid groups (broad SMARTS) is 3. The van der Waals surface area contributed by atoms with Crippen LogP contribution in [0.4, 0.5) is 14.4 Å². The molecular weight excluding hydrogens is 187 g/mol. The summed E-state index contributed by atoms with van der Waals surface area (Å²) in [6, 6.07) is 0. The third-order valence-corrected chi connectivity index (χ3v) is 2.00. The molecule has 0 aliphatic rings. The monoisotopic (exact) mass is 190 g/mol. The molecule has 0 spiro atoms. The maximum absolute atomic E-state index is 9.87. The predicted molar refractivity (Wildman–Crippen MR) is 24.1 cm³/mol. The van der Waals surface area contributed by atoms with E-state index in [0.29, 0.717) is 0 Å². The van der Waals surface area contributed by atoms with E-state index in [0.717, 1.165) is 0 Å². The van der Waals surface area contributed by atoms with Crippen LogP contribution in [0.15, 0.2) is 0 Å². The van der Waals surface area contributed by atoms with E-state index in [4.69, 9.17) is 15.3 Å². The van der Waals surface area contributed by atoms with Crippen molar-refractivity contribution in [2.45, 2.75) is 0 Å². The first-order chi connectivity index (χ1) is 4.46. The maximum atomic E-state index is 9.87. The fourth-order valence-electron chi connectivity index (χ4n) is 0.207. The Balaban J connectivity index is 4.43. The van der Waals surface area contributed by atoms with Crippen LogP contribution in [0.25, 0.3) is 0 Å². The molecule has 0 aliphatic heterocycles. The second kappa shape index (κ2) is 3.19. The molecule has 0 aromatic carbocycles. The summed E-state index contributed by atoms with van der Waals surface area (Å²) in [5.41, 5.74) is 0. The Kier molecular flexibility index (Phi) is 2.85. The molecule has 7 heteroatoms. The zero-order valence-electron chi connectivity index (χ0n) is 4.44. The van der Waals surface area contributed by atoms with E-state index in [1.165, 1.54) is 0 Å². The van der Waals surface area contributed by atoms with Crippen LogP contribution < -0.4 is 0 Å². The number of hydrogen-bond donors (Lipinski definition) is 3. The Morgan fingerprint density at radius 1 is 0.800 bits per heavy atom. The van der Waals surface area contributed by atoms with Crippen LogP contribution in [-0.2, 0) is 13.9 Å². The topological polar surface area (TPSA) is 112 Å². The molecule has 58 valence electrons. The summed E-state index contributed by atoms with van der Waals surface area (Å²) < 4.78 is 0. The molecule has 0 unspecified atom stereocenters. The van der Waals surface area contributed by atoms with Crippen LogP contribution in [0.3, 0.4) is 0 Å². The fourth-order valence-corrected chi connectivity index (χ4v) is 0.855. The summed E-state index contributed by atoms with van der Waals surface area (Å²) in [5.74, 6) is 0. The molecule has 0 heterocycles. The first-order valence-corrected chi connectivity index (χ1v) is 3.62. The van der Waals surface area contributed by atoms with Gasteiger partial charge in [-0.25, -0.2) is 0 Å². The third-order valence-electron chi connectivity index (χ3n) is 0.485. The second-order valence-corrected chi connectivity index (χ2v) is 3.44. The predicted octanol–water partition coefficient (Wildman–Crippen LogP) is 0.639. The summed E-state index contributed by atoms with van der Waals surface area (Å²) in [7, 11) is 0. The van der Waals surface area contributed by atoms with E-state index in [1.807, 2.05) is 0 Å². The molecule has 0 bridgehead atoms. The molecular formula is C3H3MnO6.